The van der Waals surface area contributed by atoms with Crippen LogP contribution in [0, 0.1) is 19.8 Å². The second-order valence-corrected chi connectivity index (χ2v) is 8.62. The van der Waals surface area contributed by atoms with Gasteiger partial charge in [0, 0.05) is 11.6 Å². The van der Waals surface area contributed by atoms with E-state index in [0.717, 1.165) is 6.42 Å². The van der Waals surface area contributed by atoms with Gasteiger partial charge in [-0.3, -0.25) is 0 Å². The number of allylic oxidation sites excluding steroid dienone is 2. The van der Waals surface area contributed by atoms with Gasteiger partial charge in [0.2, 0.25) is 0 Å². The summed E-state index contributed by atoms with van der Waals surface area (Å²) in [5.41, 5.74) is 10.2. The molecule has 0 fully saturated rings. The Morgan fingerprint density at radius 3 is 2.59 bits per heavy atom. The quantitative estimate of drug-likeness (QED) is 0.501. The maximum atomic E-state index is 4.01. The number of fused-ring (bicyclic) bond motifs is 3. The van der Waals surface area contributed by atoms with E-state index in [1.54, 1.807) is 0 Å². The lowest BCUT2D eigenvalue weighted by Gasteiger charge is -2.39. The molecule has 1 N–H and O–H groups in total. The van der Waals surface area contributed by atoms with Gasteiger partial charge in [-0.1, -0.05) is 54.6 Å². The second kappa shape index (κ2) is 5.48. The lowest BCUT2D eigenvalue weighted by Crippen LogP contribution is -2.30. The highest BCUT2D eigenvalue weighted by Crippen LogP contribution is 2.52. The van der Waals surface area contributed by atoms with Gasteiger partial charge >= 0.3 is 0 Å². The summed E-state index contributed by atoms with van der Waals surface area (Å²) in [5.74, 6) is 1.14. The van der Waals surface area contributed by atoms with Crippen LogP contribution in [0.4, 0.5) is 5.69 Å². The lowest BCUT2D eigenvalue weighted by molar-refractivity contribution is 0.426. The fourth-order valence-electron chi connectivity index (χ4n) is 5.89. The van der Waals surface area contributed by atoms with E-state index in [1.807, 2.05) is 0 Å². The van der Waals surface area contributed by atoms with Crippen LogP contribution >= 0.6 is 0 Å². The van der Waals surface area contributed by atoms with E-state index >= 15 is 0 Å². The minimum atomic E-state index is 0.378. The minimum Gasteiger partial charge on any atom is -0.377 e. The van der Waals surface area contributed by atoms with Crippen molar-refractivity contribution in [3.05, 3.63) is 88.0 Å². The largest absolute Gasteiger partial charge is 0.377 e. The Balaban J connectivity index is 1.58. The van der Waals surface area contributed by atoms with E-state index in [4.69, 9.17) is 0 Å². The van der Waals surface area contributed by atoms with Crippen molar-refractivity contribution >= 4 is 16.5 Å². The molecule has 1 heteroatoms. The molecule has 0 spiro atoms. The van der Waals surface area contributed by atoms with Crippen LogP contribution in [0.3, 0.4) is 0 Å². The number of anilines is 1. The first-order chi connectivity index (χ1) is 13.2. The van der Waals surface area contributed by atoms with Gasteiger partial charge in [0.25, 0.3) is 0 Å². The van der Waals surface area contributed by atoms with Crippen LogP contribution in [0.25, 0.3) is 10.8 Å². The number of hydrogen-bond donors (Lipinski definition) is 1. The molecule has 0 aromatic heterocycles. The van der Waals surface area contributed by atoms with Crippen LogP contribution in [-0.4, -0.2) is 0 Å². The monoisotopic (exact) mass is 351 g/mol. The summed E-state index contributed by atoms with van der Waals surface area (Å²) in [4.78, 5) is 0. The Morgan fingerprint density at radius 1 is 0.889 bits per heavy atom. The number of nitrogens with one attached hydrogen (secondary N) is 1. The van der Waals surface area contributed by atoms with E-state index in [1.165, 1.54) is 62.7 Å². The maximum absolute atomic E-state index is 4.01. The number of rotatable bonds is 1. The molecule has 3 aromatic carbocycles. The molecule has 0 saturated heterocycles. The van der Waals surface area contributed by atoms with Gasteiger partial charge in [-0.15, -0.1) is 0 Å². The van der Waals surface area contributed by atoms with Crippen molar-refractivity contribution in [1.29, 1.82) is 0 Å². The van der Waals surface area contributed by atoms with Crippen molar-refractivity contribution in [2.75, 3.05) is 5.32 Å². The van der Waals surface area contributed by atoms with E-state index in [9.17, 15) is 0 Å². The first-order valence-corrected chi connectivity index (χ1v) is 10.3. The molecule has 1 heterocycles. The summed E-state index contributed by atoms with van der Waals surface area (Å²) < 4.78 is 0. The Hall–Kier alpha value is -2.54. The molecule has 0 unspecified atom stereocenters. The average molecular weight is 351 g/mol. The summed E-state index contributed by atoms with van der Waals surface area (Å²) >= 11 is 0. The van der Waals surface area contributed by atoms with Crippen LogP contribution < -0.4 is 5.32 Å². The zero-order valence-corrected chi connectivity index (χ0v) is 16.0. The first-order valence-electron chi connectivity index (χ1n) is 10.3. The van der Waals surface area contributed by atoms with E-state index in [-0.39, 0.29) is 0 Å². The third-order valence-corrected chi connectivity index (χ3v) is 7.19. The predicted octanol–water partition coefficient (Wildman–Crippen LogP) is 6.38. The van der Waals surface area contributed by atoms with Crippen LogP contribution in [0.1, 0.15) is 51.8 Å². The van der Waals surface area contributed by atoms with Crippen LogP contribution in [0.5, 0.6) is 0 Å². The predicted molar refractivity (Wildman–Crippen MR) is 114 cm³/mol. The van der Waals surface area contributed by atoms with E-state index in [2.05, 4.69) is 73.8 Å². The van der Waals surface area contributed by atoms with E-state index < -0.39 is 0 Å². The molecule has 0 radical (unpaired) electrons. The van der Waals surface area contributed by atoms with Crippen molar-refractivity contribution in [2.24, 2.45) is 5.92 Å². The van der Waals surface area contributed by atoms with Crippen LogP contribution in [-0.2, 0) is 12.8 Å². The molecule has 0 bridgehead atoms. The zero-order valence-electron chi connectivity index (χ0n) is 16.0. The number of hydrogen-bond acceptors (Lipinski definition) is 1. The summed E-state index contributed by atoms with van der Waals surface area (Å²) in [7, 11) is 0. The number of benzene rings is 3. The SMILES string of the molecule is Cc1ccc(C)c2c1N[C@@H](c1ccc3c4c(cccc14)CC3)[C@H]1CC=C[C@@H]21. The molecule has 2 aliphatic carbocycles. The molecule has 3 aliphatic rings. The van der Waals surface area contributed by atoms with E-state index in [0.29, 0.717) is 17.9 Å². The Kier molecular flexibility index (Phi) is 3.15. The fraction of sp³-hybridized carbons (Fsp3) is 0.308. The molecule has 3 atom stereocenters. The Morgan fingerprint density at radius 2 is 1.70 bits per heavy atom. The molecular formula is C26H25N. The lowest BCUT2D eigenvalue weighted by atomic mass is 9.74. The highest BCUT2D eigenvalue weighted by Gasteiger charge is 2.39. The van der Waals surface area contributed by atoms with Gasteiger partial charge in [-0.2, -0.15) is 0 Å². The summed E-state index contributed by atoms with van der Waals surface area (Å²) in [6, 6.07) is 16.7. The second-order valence-electron chi connectivity index (χ2n) is 8.62. The molecule has 27 heavy (non-hydrogen) atoms. The summed E-state index contributed by atoms with van der Waals surface area (Å²) in [5, 5.41) is 7.01. The van der Waals surface area contributed by atoms with Crippen molar-refractivity contribution in [1.82, 2.24) is 0 Å². The third kappa shape index (κ3) is 2.06. The van der Waals surface area contributed by atoms with Gasteiger partial charge in [-0.05, 0) is 83.2 Å². The standard InChI is InChI=1S/C26H25N/c1-15-9-10-16(2)25-23(15)19-7-4-8-21(19)26(27-25)22-14-13-18-12-11-17-5-3-6-20(22)24(17)18/h3-7,9-10,13-14,19,21,26-27H,8,11-12H2,1-2H3/t19-,21+,26-/m1/s1. The van der Waals surface area contributed by atoms with Gasteiger partial charge in [0.15, 0.2) is 0 Å². The molecular weight excluding hydrogens is 326 g/mol. The maximum Gasteiger partial charge on any atom is 0.0560 e. The number of aryl methyl sites for hydroxylation is 4. The van der Waals surface area contributed by atoms with Crippen molar-refractivity contribution in [3.8, 4) is 0 Å². The smallest absolute Gasteiger partial charge is 0.0560 e. The fourth-order valence-corrected chi connectivity index (χ4v) is 5.89. The van der Waals surface area contributed by atoms with Crippen LogP contribution in [0.2, 0.25) is 0 Å². The summed E-state index contributed by atoms with van der Waals surface area (Å²) in [6.45, 7) is 4.51. The third-order valence-electron chi connectivity index (χ3n) is 7.19. The van der Waals surface area contributed by atoms with Gasteiger partial charge in [0.05, 0.1) is 6.04 Å². The molecule has 0 saturated carbocycles. The first kappa shape index (κ1) is 15.5. The van der Waals surface area contributed by atoms with Gasteiger partial charge in [-0.25, -0.2) is 0 Å². The highest BCUT2D eigenvalue weighted by atomic mass is 15.0. The molecule has 0 amide bonds. The molecule has 3 aromatic rings. The Labute approximate surface area is 161 Å². The molecule has 1 aliphatic heterocycles. The van der Waals surface area contributed by atoms with Gasteiger partial charge < -0.3 is 5.32 Å². The van der Waals surface area contributed by atoms with Crippen molar-refractivity contribution in [2.45, 2.75) is 45.1 Å². The minimum absolute atomic E-state index is 0.378. The molecule has 134 valence electrons. The average Bonchev–Trinajstić information content (AvgIpc) is 3.33. The molecule has 6 rings (SSSR count). The van der Waals surface area contributed by atoms with Crippen molar-refractivity contribution in [3.63, 3.8) is 0 Å². The Bertz CT molecular complexity index is 1110. The normalized spacial score (nSPS) is 24.7. The van der Waals surface area contributed by atoms with Crippen LogP contribution in [0.15, 0.2) is 54.6 Å². The zero-order chi connectivity index (χ0) is 18.1. The highest BCUT2D eigenvalue weighted by molar-refractivity contribution is 5.94. The molecule has 1 nitrogen and oxygen atoms in total. The summed E-state index contributed by atoms with van der Waals surface area (Å²) in [6.07, 6.45) is 8.43. The van der Waals surface area contributed by atoms with Gasteiger partial charge in [0.1, 0.15) is 0 Å². The van der Waals surface area contributed by atoms with Crippen molar-refractivity contribution < 1.29 is 0 Å². The topological polar surface area (TPSA) is 12.0 Å².